The fourth-order valence-electron chi connectivity index (χ4n) is 5.25. The van der Waals surface area contributed by atoms with Crippen LogP contribution in [-0.2, 0) is 4.74 Å². The average Bonchev–Trinajstić information content (AvgIpc) is 3.39. The molecule has 0 bridgehead atoms. The zero-order valence-electron chi connectivity index (χ0n) is 23.1. The molecule has 1 fully saturated rings. The number of alkyl carbamates (subject to hydrolysis) is 1. The first-order chi connectivity index (χ1) is 17.0. The number of hydrogen-bond acceptors (Lipinski definition) is 5. The third-order valence-corrected chi connectivity index (χ3v) is 6.94. The molecule has 3 atom stereocenters. The van der Waals surface area contributed by atoms with Crippen LogP contribution in [0.3, 0.4) is 0 Å². The molecule has 0 aliphatic carbocycles. The summed E-state index contributed by atoms with van der Waals surface area (Å²) in [5.74, 6) is 2.05. The van der Waals surface area contributed by atoms with Gasteiger partial charge in [-0.15, -0.1) is 10.2 Å². The molecule has 0 radical (unpaired) electrons. The van der Waals surface area contributed by atoms with Gasteiger partial charge in [0.15, 0.2) is 0 Å². The van der Waals surface area contributed by atoms with Gasteiger partial charge in [-0.05, 0) is 84.0 Å². The molecule has 200 valence electrons. The lowest BCUT2D eigenvalue weighted by atomic mass is 10.00. The van der Waals surface area contributed by atoms with Gasteiger partial charge < -0.3 is 19.5 Å². The molecule has 0 spiro atoms. The number of aryl methyl sites for hydroxylation is 1. The molecule has 2 heterocycles. The smallest absolute Gasteiger partial charge is 0.408 e. The van der Waals surface area contributed by atoms with Crippen LogP contribution in [0.15, 0.2) is 24.3 Å². The predicted molar refractivity (Wildman–Crippen MR) is 141 cm³/mol. The van der Waals surface area contributed by atoms with Gasteiger partial charge in [0.05, 0.1) is 6.04 Å². The summed E-state index contributed by atoms with van der Waals surface area (Å²) in [6.07, 6.45) is 4.57. The Labute approximate surface area is 215 Å². The maximum atomic E-state index is 14.0. The molecule has 1 amide bonds. The number of ether oxygens (including phenoxy) is 1. The van der Waals surface area contributed by atoms with Gasteiger partial charge in [0.1, 0.15) is 23.1 Å². The van der Waals surface area contributed by atoms with Crippen molar-refractivity contribution in [2.45, 2.75) is 110 Å². The lowest BCUT2D eigenvalue weighted by molar-refractivity contribution is 0.0496. The Kier molecular flexibility index (Phi) is 9.50. The second kappa shape index (κ2) is 12.2. The van der Waals surface area contributed by atoms with Crippen LogP contribution in [0.5, 0.6) is 0 Å². The number of benzene rings is 1. The van der Waals surface area contributed by atoms with Crippen molar-refractivity contribution in [3.05, 3.63) is 47.3 Å². The van der Waals surface area contributed by atoms with E-state index in [1.165, 1.54) is 12.1 Å². The Morgan fingerprint density at radius 1 is 1.28 bits per heavy atom. The molecule has 36 heavy (non-hydrogen) atoms. The summed E-state index contributed by atoms with van der Waals surface area (Å²) in [5.41, 5.74) is 0.158. The Morgan fingerprint density at radius 2 is 2.03 bits per heavy atom. The molecule has 3 rings (SSSR count). The first-order valence-electron chi connectivity index (χ1n) is 13.4. The quantitative estimate of drug-likeness (QED) is 0.413. The molecule has 2 unspecified atom stereocenters. The largest absolute Gasteiger partial charge is 0.444 e. The first-order valence-corrected chi connectivity index (χ1v) is 13.4. The van der Waals surface area contributed by atoms with Crippen LogP contribution in [0.1, 0.15) is 109 Å². The number of aromatic nitrogens is 3. The molecule has 1 aliphatic heterocycles. The number of carbonyl (C=O) groups excluding carboxylic acids is 1. The van der Waals surface area contributed by atoms with Crippen molar-refractivity contribution < 1.29 is 13.9 Å². The van der Waals surface area contributed by atoms with Crippen molar-refractivity contribution in [3.8, 4) is 0 Å². The van der Waals surface area contributed by atoms with Gasteiger partial charge in [-0.2, -0.15) is 0 Å². The fraction of sp³-hybridized carbons (Fsp3) is 0.679. The average molecular weight is 502 g/mol. The minimum Gasteiger partial charge on any atom is -0.444 e. The van der Waals surface area contributed by atoms with Gasteiger partial charge in [0.2, 0.25) is 0 Å². The number of nitrogens with zero attached hydrogens (tertiary/aromatic N) is 4. The molecular formula is C28H44FN5O2. The van der Waals surface area contributed by atoms with E-state index in [0.717, 1.165) is 56.0 Å². The molecule has 1 N–H and O–H groups in total. The van der Waals surface area contributed by atoms with Crippen molar-refractivity contribution >= 4 is 6.09 Å². The lowest BCUT2D eigenvalue weighted by Gasteiger charge is -2.31. The van der Waals surface area contributed by atoms with E-state index < -0.39 is 11.7 Å². The maximum absolute atomic E-state index is 14.0. The number of likely N-dealkylation sites (tertiary alicyclic amines) is 1. The highest BCUT2D eigenvalue weighted by Crippen LogP contribution is 2.31. The minimum atomic E-state index is -0.596. The van der Waals surface area contributed by atoms with Crippen LogP contribution in [0.25, 0.3) is 0 Å². The maximum Gasteiger partial charge on any atom is 0.408 e. The standard InChI is InChI=1S/C28H44FN5O2/c1-8-23(34-20(4)31-32-26(34)19(2)3)18-24-13-10-15-33(24)16-14-25(21-11-9-12-22(29)17-21)30-27(35)36-28(5,6)7/h9,11-12,17,19,23-25H,8,10,13-16,18H2,1-7H3,(H,30,35)/t23?,24?,25-/m0/s1. The summed E-state index contributed by atoms with van der Waals surface area (Å²) < 4.78 is 21.8. The highest BCUT2D eigenvalue weighted by atomic mass is 19.1. The number of rotatable bonds is 10. The molecule has 2 aromatic rings. The summed E-state index contributed by atoms with van der Waals surface area (Å²) in [7, 11) is 0. The first kappa shape index (κ1) is 28.1. The van der Waals surface area contributed by atoms with Crippen LogP contribution in [0, 0.1) is 12.7 Å². The number of hydrogen-bond donors (Lipinski definition) is 1. The number of halogens is 1. The number of amides is 1. The highest BCUT2D eigenvalue weighted by Gasteiger charge is 2.30. The monoisotopic (exact) mass is 501 g/mol. The van der Waals surface area contributed by atoms with Crippen LogP contribution in [-0.4, -0.2) is 50.5 Å². The fourth-order valence-corrected chi connectivity index (χ4v) is 5.25. The Bertz CT molecular complexity index is 1000. The third kappa shape index (κ3) is 7.51. The van der Waals surface area contributed by atoms with Crippen LogP contribution < -0.4 is 5.32 Å². The molecular weight excluding hydrogens is 457 g/mol. The second-order valence-electron chi connectivity index (χ2n) is 11.3. The lowest BCUT2D eigenvalue weighted by Crippen LogP contribution is -2.38. The zero-order valence-corrected chi connectivity index (χ0v) is 23.1. The zero-order chi connectivity index (χ0) is 26.5. The topological polar surface area (TPSA) is 72.3 Å². The molecule has 8 heteroatoms. The van der Waals surface area contributed by atoms with Gasteiger partial charge in [0.25, 0.3) is 0 Å². The normalized spacial score (nSPS) is 18.4. The highest BCUT2D eigenvalue weighted by molar-refractivity contribution is 5.68. The van der Waals surface area contributed by atoms with E-state index in [9.17, 15) is 9.18 Å². The van der Waals surface area contributed by atoms with E-state index in [1.54, 1.807) is 6.07 Å². The Hall–Kier alpha value is -2.48. The van der Waals surface area contributed by atoms with E-state index in [1.807, 2.05) is 33.8 Å². The minimum absolute atomic E-state index is 0.307. The van der Waals surface area contributed by atoms with Crippen LogP contribution >= 0.6 is 0 Å². The van der Waals surface area contributed by atoms with Crippen molar-refractivity contribution in [2.24, 2.45) is 0 Å². The molecule has 0 saturated carbocycles. The summed E-state index contributed by atoms with van der Waals surface area (Å²) >= 11 is 0. The Balaban J connectivity index is 1.71. The second-order valence-corrected chi connectivity index (χ2v) is 11.3. The SMILES string of the molecule is CCC(CC1CCCN1CC[C@H](NC(=O)OC(C)(C)C)c1cccc(F)c1)n1c(C)nnc1C(C)C. The molecule has 7 nitrogen and oxygen atoms in total. The van der Waals surface area contributed by atoms with Crippen molar-refractivity contribution in [1.29, 1.82) is 0 Å². The van der Waals surface area contributed by atoms with Crippen molar-refractivity contribution in [2.75, 3.05) is 13.1 Å². The molecule has 1 aliphatic rings. The van der Waals surface area contributed by atoms with Crippen LogP contribution in [0.2, 0.25) is 0 Å². The van der Waals surface area contributed by atoms with E-state index in [0.29, 0.717) is 24.4 Å². The Morgan fingerprint density at radius 3 is 2.67 bits per heavy atom. The predicted octanol–water partition coefficient (Wildman–Crippen LogP) is 6.31. The van der Waals surface area contributed by atoms with E-state index in [4.69, 9.17) is 4.74 Å². The van der Waals surface area contributed by atoms with E-state index in [2.05, 4.69) is 45.8 Å². The molecule has 1 saturated heterocycles. The van der Waals surface area contributed by atoms with Crippen molar-refractivity contribution in [3.63, 3.8) is 0 Å². The molecule has 1 aromatic heterocycles. The van der Waals surface area contributed by atoms with Crippen LogP contribution in [0.4, 0.5) is 9.18 Å². The summed E-state index contributed by atoms with van der Waals surface area (Å²) in [4.78, 5) is 15.1. The summed E-state index contributed by atoms with van der Waals surface area (Å²) in [5, 5.41) is 11.8. The number of carbonyl (C=O) groups is 1. The van der Waals surface area contributed by atoms with E-state index >= 15 is 0 Å². The number of nitrogens with one attached hydrogen (secondary N) is 1. The summed E-state index contributed by atoms with van der Waals surface area (Å²) in [6.45, 7) is 16.0. The molecule has 1 aromatic carbocycles. The van der Waals surface area contributed by atoms with Gasteiger partial charge >= 0.3 is 6.09 Å². The van der Waals surface area contributed by atoms with Gasteiger partial charge in [-0.1, -0.05) is 32.9 Å². The van der Waals surface area contributed by atoms with Gasteiger partial charge in [-0.3, -0.25) is 0 Å². The van der Waals surface area contributed by atoms with Gasteiger partial charge in [0, 0.05) is 24.5 Å². The van der Waals surface area contributed by atoms with Gasteiger partial charge in [-0.25, -0.2) is 9.18 Å². The summed E-state index contributed by atoms with van der Waals surface area (Å²) in [6, 6.07) is 6.95. The van der Waals surface area contributed by atoms with Crippen molar-refractivity contribution in [1.82, 2.24) is 25.0 Å². The third-order valence-electron chi connectivity index (χ3n) is 6.94. The van der Waals surface area contributed by atoms with E-state index in [-0.39, 0.29) is 11.9 Å².